The molecule has 4 rings (SSSR count). The quantitative estimate of drug-likeness (QED) is 0.877. The summed E-state index contributed by atoms with van der Waals surface area (Å²) in [5.74, 6) is 1.04. The van der Waals surface area contributed by atoms with Gasteiger partial charge in [-0.2, -0.15) is 0 Å². The van der Waals surface area contributed by atoms with Crippen LogP contribution in [0.15, 0.2) is 42.5 Å². The van der Waals surface area contributed by atoms with E-state index in [-0.39, 0.29) is 24.6 Å². The minimum Gasteiger partial charge on any atom is -0.454 e. The zero-order valence-corrected chi connectivity index (χ0v) is 13.6. The van der Waals surface area contributed by atoms with E-state index in [2.05, 4.69) is 10.6 Å². The van der Waals surface area contributed by atoms with Crippen molar-refractivity contribution in [2.75, 3.05) is 6.79 Å². The highest BCUT2D eigenvalue weighted by atomic mass is 16.7. The third kappa shape index (κ3) is 3.57. The van der Waals surface area contributed by atoms with Crippen LogP contribution in [0.2, 0.25) is 0 Å². The van der Waals surface area contributed by atoms with Crippen LogP contribution in [0.3, 0.4) is 0 Å². The summed E-state index contributed by atoms with van der Waals surface area (Å²) in [7, 11) is 0. The van der Waals surface area contributed by atoms with Crippen LogP contribution in [-0.4, -0.2) is 24.6 Å². The van der Waals surface area contributed by atoms with Gasteiger partial charge < -0.3 is 20.1 Å². The second-order valence-corrected chi connectivity index (χ2v) is 6.20. The maximum absolute atomic E-state index is 12.4. The van der Waals surface area contributed by atoms with E-state index >= 15 is 0 Å². The first-order chi connectivity index (χ1) is 12.2. The molecule has 1 heterocycles. The molecule has 0 atom stereocenters. The van der Waals surface area contributed by atoms with Gasteiger partial charge in [-0.25, -0.2) is 0 Å². The maximum atomic E-state index is 12.4. The average Bonchev–Trinajstić information content (AvgIpc) is 3.33. The predicted molar refractivity (Wildman–Crippen MR) is 90.7 cm³/mol. The number of hydrogen-bond donors (Lipinski definition) is 2. The summed E-state index contributed by atoms with van der Waals surface area (Å²) in [6.07, 6.45) is 2.06. The minimum atomic E-state index is -0.223. The Labute approximate surface area is 145 Å². The zero-order chi connectivity index (χ0) is 17.2. The Bertz CT molecular complexity index is 830. The molecule has 0 unspecified atom stereocenters. The largest absolute Gasteiger partial charge is 0.454 e. The fourth-order valence-electron chi connectivity index (χ4n) is 2.63. The Morgan fingerprint density at radius 2 is 1.72 bits per heavy atom. The highest BCUT2D eigenvalue weighted by molar-refractivity contribution is 5.99. The fraction of sp³-hybridized carbons (Fsp3) is 0.263. The number of nitrogens with one attached hydrogen (secondary N) is 2. The monoisotopic (exact) mass is 338 g/mol. The molecular weight excluding hydrogens is 320 g/mol. The van der Waals surface area contributed by atoms with Gasteiger partial charge in [-0.05, 0) is 48.7 Å². The van der Waals surface area contributed by atoms with E-state index < -0.39 is 0 Å². The number of carbonyl (C=O) groups is 2. The first-order valence-electron chi connectivity index (χ1n) is 8.27. The van der Waals surface area contributed by atoms with Crippen molar-refractivity contribution in [1.82, 2.24) is 10.6 Å². The molecule has 2 aromatic carbocycles. The lowest BCUT2D eigenvalue weighted by molar-refractivity contribution is 0.0950. The number of amides is 2. The molecule has 0 spiro atoms. The lowest BCUT2D eigenvalue weighted by Crippen LogP contribution is -2.26. The van der Waals surface area contributed by atoms with Gasteiger partial charge in [-0.3, -0.25) is 9.59 Å². The molecule has 1 aliphatic carbocycles. The van der Waals surface area contributed by atoms with Gasteiger partial charge in [0.25, 0.3) is 11.8 Å². The molecule has 0 saturated heterocycles. The summed E-state index contributed by atoms with van der Waals surface area (Å²) in [4.78, 5) is 24.5. The standard InChI is InChI=1S/C19H18N2O4/c22-18(20-10-12-4-7-16-17(8-12)25-11-24-16)13-2-1-3-14(9-13)19(23)21-15-5-6-15/h1-4,7-9,15H,5-6,10-11H2,(H,20,22)(H,21,23). The second kappa shape index (κ2) is 6.47. The van der Waals surface area contributed by atoms with Gasteiger partial charge in [0.15, 0.2) is 11.5 Å². The summed E-state index contributed by atoms with van der Waals surface area (Å²) in [5.41, 5.74) is 1.88. The van der Waals surface area contributed by atoms with Crippen molar-refractivity contribution < 1.29 is 19.1 Å². The Morgan fingerprint density at radius 3 is 2.52 bits per heavy atom. The van der Waals surface area contributed by atoms with Crippen molar-refractivity contribution in [3.05, 3.63) is 59.2 Å². The van der Waals surface area contributed by atoms with Gasteiger partial charge in [0.05, 0.1) is 0 Å². The molecule has 6 nitrogen and oxygen atoms in total. The van der Waals surface area contributed by atoms with Gasteiger partial charge in [0, 0.05) is 23.7 Å². The van der Waals surface area contributed by atoms with Crippen LogP contribution >= 0.6 is 0 Å². The average molecular weight is 338 g/mol. The van der Waals surface area contributed by atoms with E-state index in [1.165, 1.54) is 0 Å². The molecule has 1 saturated carbocycles. The van der Waals surface area contributed by atoms with Crippen molar-refractivity contribution in [2.24, 2.45) is 0 Å². The Balaban J connectivity index is 1.39. The molecule has 0 bridgehead atoms. The van der Waals surface area contributed by atoms with Crippen LogP contribution in [0.5, 0.6) is 11.5 Å². The van der Waals surface area contributed by atoms with Crippen molar-refractivity contribution in [1.29, 1.82) is 0 Å². The molecule has 2 N–H and O–H groups in total. The van der Waals surface area contributed by atoms with Crippen molar-refractivity contribution in [3.63, 3.8) is 0 Å². The van der Waals surface area contributed by atoms with Crippen LogP contribution in [0.25, 0.3) is 0 Å². The summed E-state index contributed by atoms with van der Waals surface area (Å²) < 4.78 is 10.6. The molecule has 6 heteroatoms. The van der Waals surface area contributed by atoms with E-state index in [4.69, 9.17) is 9.47 Å². The Kier molecular flexibility index (Phi) is 4.01. The molecule has 128 valence electrons. The van der Waals surface area contributed by atoms with E-state index in [0.29, 0.717) is 29.2 Å². The summed E-state index contributed by atoms with van der Waals surface area (Å²) >= 11 is 0. The lowest BCUT2D eigenvalue weighted by Gasteiger charge is -2.08. The fourth-order valence-corrected chi connectivity index (χ4v) is 2.63. The summed E-state index contributed by atoms with van der Waals surface area (Å²) in [6, 6.07) is 12.6. The van der Waals surface area contributed by atoms with Crippen LogP contribution in [0.4, 0.5) is 0 Å². The van der Waals surface area contributed by atoms with Crippen molar-refractivity contribution in [2.45, 2.75) is 25.4 Å². The van der Waals surface area contributed by atoms with E-state index in [0.717, 1.165) is 18.4 Å². The first kappa shape index (κ1) is 15.5. The molecule has 2 amide bonds. The van der Waals surface area contributed by atoms with Gasteiger partial charge in [-0.15, -0.1) is 0 Å². The number of ether oxygens (including phenoxy) is 2. The number of fused-ring (bicyclic) bond motifs is 1. The predicted octanol–water partition coefficient (Wildman–Crippen LogP) is 2.24. The summed E-state index contributed by atoms with van der Waals surface area (Å²) in [5, 5.41) is 5.78. The minimum absolute atomic E-state index is 0.132. The smallest absolute Gasteiger partial charge is 0.251 e. The molecule has 1 fully saturated rings. The molecule has 0 aromatic heterocycles. The third-order valence-electron chi connectivity index (χ3n) is 4.19. The molecule has 1 aliphatic heterocycles. The normalized spacial score (nSPS) is 14.9. The van der Waals surface area contributed by atoms with Crippen molar-refractivity contribution in [3.8, 4) is 11.5 Å². The van der Waals surface area contributed by atoms with Crippen LogP contribution in [-0.2, 0) is 6.54 Å². The highest BCUT2D eigenvalue weighted by Crippen LogP contribution is 2.32. The number of hydrogen-bond acceptors (Lipinski definition) is 4. The topological polar surface area (TPSA) is 76.7 Å². The third-order valence-corrected chi connectivity index (χ3v) is 4.19. The molecule has 25 heavy (non-hydrogen) atoms. The van der Waals surface area contributed by atoms with E-state index in [9.17, 15) is 9.59 Å². The number of carbonyl (C=O) groups excluding carboxylic acids is 2. The zero-order valence-electron chi connectivity index (χ0n) is 13.6. The second-order valence-electron chi connectivity index (χ2n) is 6.20. The molecular formula is C19H18N2O4. The van der Waals surface area contributed by atoms with E-state index in [1.54, 1.807) is 24.3 Å². The summed E-state index contributed by atoms with van der Waals surface area (Å²) in [6.45, 7) is 0.592. The SMILES string of the molecule is O=C(NCc1ccc2c(c1)OCO2)c1cccc(C(=O)NC2CC2)c1. The maximum Gasteiger partial charge on any atom is 0.251 e. The van der Waals surface area contributed by atoms with Gasteiger partial charge >= 0.3 is 0 Å². The Hall–Kier alpha value is -3.02. The van der Waals surface area contributed by atoms with Crippen LogP contribution in [0, 0.1) is 0 Å². The van der Waals surface area contributed by atoms with Crippen LogP contribution in [0.1, 0.15) is 39.1 Å². The number of rotatable bonds is 5. The lowest BCUT2D eigenvalue weighted by atomic mass is 10.1. The first-order valence-corrected chi connectivity index (χ1v) is 8.27. The Morgan fingerprint density at radius 1 is 0.960 bits per heavy atom. The van der Waals surface area contributed by atoms with Gasteiger partial charge in [0.2, 0.25) is 6.79 Å². The number of benzene rings is 2. The highest BCUT2D eigenvalue weighted by Gasteiger charge is 2.24. The van der Waals surface area contributed by atoms with Crippen molar-refractivity contribution >= 4 is 11.8 Å². The molecule has 2 aromatic rings. The van der Waals surface area contributed by atoms with E-state index in [1.807, 2.05) is 18.2 Å². The van der Waals surface area contributed by atoms with Gasteiger partial charge in [-0.1, -0.05) is 12.1 Å². The van der Waals surface area contributed by atoms with Crippen LogP contribution < -0.4 is 20.1 Å². The molecule has 0 radical (unpaired) electrons. The van der Waals surface area contributed by atoms with Gasteiger partial charge in [0.1, 0.15) is 0 Å². The molecule has 2 aliphatic rings.